The zero-order valence-electron chi connectivity index (χ0n) is 5.37. The number of benzene rings is 1. The van der Waals surface area contributed by atoms with Gasteiger partial charge in [0, 0.05) is 11.6 Å². The maximum atomic E-state index is 12.0. The van der Waals surface area contributed by atoms with Crippen molar-refractivity contribution in [2.45, 2.75) is 0 Å². The second-order valence-electron chi connectivity index (χ2n) is 1.47. The van der Waals surface area contributed by atoms with E-state index in [1.807, 2.05) is 0 Å². The molecule has 0 N–H and O–H groups in total. The number of hydrogen-bond donors (Lipinski definition) is 0. The fourth-order valence-corrected chi connectivity index (χ4v) is 0.429. The van der Waals surface area contributed by atoms with Crippen molar-refractivity contribution >= 4 is 23.1 Å². The Morgan fingerprint density at radius 3 is 1.64 bits per heavy atom. The first-order valence-corrected chi connectivity index (χ1v) is 2.22. The van der Waals surface area contributed by atoms with Crippen LogP contribution in [0.1, 0.15) is 0 Å². The van der Waals surface area contributed by atoms with E-state index in [0.717, 1.165) is 12.1 Å². The van der Waals surface area contributed by atoms with Gasteiger partial charge in [0.15, 0.2) is 0 Å². The van der Waals surface area contributed by atoms with Gasteiger partial charge >= 0.3 is 23.1 Å². The minimum absolute atomic E-state index is 0. The minimum Gasteiger partial charge on any atom is -1.00 e. The molecule has 0 atom stereocenters. The van der Waals surface area contributed by atoms with Gasteiger partial charge in [0.2, 0.25) is 0 Å². The topological polar surface area (TPSA) is 0 Å². The molecule has 1 aromatic carbocycles. The largest absolute Gasteiger partial charge is 2.00 e. The molecule has 0 fully saturated rings. The van der Waals surface area contributed by atoms with Crippen LogP contribution < -0.4 is 24.0 Å². The van der Waals surface area contributed by atoms with Gasteiger partial charge in [-0.05, 0) is 0 Å². The first-order chi connectivity index (χ1) is 4.22. The number of rotatable bonds is 0. The Hall–Kier alpha value is 0.506. The Bertz CT molecular complexity index is 209. The van der Waals surface area contributed by atoms with Gasteiger partial charge in [-0.3, -0.25) is 8.78 Å². The van der Waals surface area contributed by atoms with Gasteiger partial charge in [-0.15, -0.1) is 12.1 Å². The number of halogens is 4. The Kier molecular flexibility index (Phi) is 7.76. The summed E-state index contributed by atoms with van der Waals surface area (Å²) in [5.74, 6) is -3.88. The van der Waals surface area contributed by atoms with Gasteiger partial charge in [0.05, 0.1) is 5.82 Å². The van der Waals surface area contributed by atoms with Crippen LogP contribution in [-0.4, -0.2) is 23.1 Å². The maximum Gasteiger partial charge on any atom is 2.00 e. The maximum absolute atomic E-state index is 12.0. The molecule has 0 unspecified atom stereocenters. The molecule has 0 aromatic heterocycles. The van der Waals surface area contributed by atoms with Gasteiger partial charge < -0.3 is 24.0 Å². The summed E-state index contributed by atoms with van der Waals surface area (Å²) in [5.41, 5.74) is 0. The second-order valence-corrected chi connectivity index (χ2v) is 1.47. The van der Waals surface area contributed by atoms with Crippen molar-refractivity contribution < 1.29 is 37.1 Å². The molecule has 0 radical (unpaired) electrons. The molecule has 11 heavy (non-hydrogen) atoms. The SMILES string of the molecule is Fc1c[c-]cc(F)c1F.[I-].[Mg+2]. The number of hydrogen-bond acceptors (Lipinski definition) is 0. The molecular weight excluding hydrogens is 280 g/mol. The standard InChI is InChI=1S/C6H2F3.HI.Mg/c7-4-2-1-3-5(8)6(4)9;;/h2-3H;1H;/q-1;;+2/p-1. The molecule has 0 spiro atoms. The average Bonchev–Trinajstić information content (AvgIpc) is 1.83. The van der Waals surface area contributed by atoms with Crippen molar-refractivity contribution in [1.29, 1.82) is 0 Å². The minimum atomic E-state index is -1.45. The third kappa shape index (κ3) is 3.61. The third-order valence-corrected chi connectivity index (χ3v) is 0.839. The van der Waals surface area contributed by atoms with E-state index in [0.29, 0.717) is 0 Å². The van der Waals surface area contributed by atoms with E-state index in [2.05, 4.69) is 6.07 Å². The van der Waals surface area contributed by atoms with E-state index in [4.69, 9.17) is 0 Å². The fourth-order valence-electron chi connectivity index (χ4n) is 0.429. The first kappa shape index (κ1) is 14.1. The third-order valence-electron chi connectivity index (χ3n) is 0.839. The zero-order chi connectivity index (χ0) is 6.85. The monoisotopic (exact) mass is 282 g/mol. The first-order valence-electron chi connectivity index (χ1n) is 2.22. The molecular formula is C6H2F3IMg. The predicted molar refractivity (Wildman–Crippen MR) is 30.9 cm³/mol. The van der Waals surface area contributed by atoms with Crippen LogP contribution in [0.25, 0.3) is 0 Å². The van der Waals surface area contributed by atoms with Gasteiger partial charge in [-0.2, -0.15) is 6.07 Å². The van der Waals surface area contributed by atoms with Crippen molar-refractivity contribution in [3.05, 3.63) is 35.7 Å². The molecule has 0 bridgehead atoms. The quantitative estimate of drug-likeness (QED) is 0.236. The molecule has 0 aliphatic heterocycles. The summed E-state index contributed by atoms with van der Waals surface area (Å²) < 4.78 is 35.8. The Morgan fingerprint density at radius 2 is 1.36 bits per heavy atom. The normalized spacial score (nSPS) is 7.91. The average molecular weight is 282 g/mol. The van der Waals surface area contributed by atoms with Gasteiger partial charge in [-0.25, -0.2) is 4.39 Å². The van der Waals surface area contributed by atoms with Crippen LogP contribution in [0.5, 0.6) is 0 Å². The molecule has 1 rings (SSSR count). The molecule has 0 saturated carbocycles. The van der Waals surface area contributed by atoms with Crippen LogP contribution >= 0.6 is 0 Å². The van der Waals surface area contributed by atoms with Gasteiger partial charge in [0.1, 0.15) is 0 Å². The zero-order valence-corrected chi connectivity index (χ0v) is 8.95. The van der Waals surface area contributed by atoms with E-state index < -0.39 is 17.5 Å². The van der Waals surface area contributed by atoms with Crippen LogP contribution in [-0.2, 0) is 0 Å². The van der Waals surface area contributed by atoms with Crippen molar-refractivity contribution in [3.8, 4) is 0 Å². The molecule has 0 saturated heterocycles. The van der Waals surface area contributed by atoms with E-state index in [9.17, 15) is 13.2 Å². The summed E-state index contributed by atoms with van der Waals surface area (Å²) in [6.07, 6.45) is 0. The van der Waals surface area contributed by atoms with Crippen molar-refractivity contribution in [1.82, 2.24) is 0 Å². The van der Waals surface area contributed by atoms with E-state index in [-0.39, 0.29) is 47.0 Å². The van der Waals surface area contributed by atoms with Crippen molar-refractivity contribution in [2.24, 2.45) is 0 Å². The molecule has 0 heterocycles. The summed E-state index contributed by atoms with van der Waals surface area (Å²) in [6, 6.07) is 3.55. The Morgan fingerprint density at radius 1 is 1.00 bits per heavy atom. The molecule has 5 heteroatoms. The molecule has 56 valence electrons. The molecule has 0 aliphatic rings. The summed E-state index contributed by atoms with van der Waals surface area (Å²) >= 11 is 0. The Balaban J connectivity index is 0. The molecule has 0 amide bonds. The van der Waals surface area contributed by atoms with Crippen LogP contribution in [0.3, 0.4) is 0 Å². The van der Waals surface area contributed by atoms with Crippen LogP contribution in [0.2, 0.25) is 0 Å². The summed E-state index contributed by atoms with van der Waals surface area (Å²) in [6.45, 7) is 0. The van der Waals surface area contributed by atoms with E-state index in [1.165, 1.54) is 0 Å². The van der Waals surface area contributed by atoms with Gasteiger partial charge in [-0.1, -0.05) is 0 Å². The van der Waals surface area contributed by atoms with Crippen LogP contribution in [0.4, 0.5) is 13.2 Å². The van der Waals surface area contributed by atoms with E-state index >= 15 is 0 Å². The smallest absolute Gasteiger partial charge is 1.00 e. The summed E-state index contributed by atoms with van der Waals surface area (Å²) in [7, 11) is 0. The van der Waals surface area contributed by atoms with Gasteiger partial charge in [0.25, 0.3) is 0 Å². The second kappa shape index (κ2) is 6.07. The summed E-state index contributed by atoms with van der Waals surface area (Å²) in [5, 5.41) is 0. The molecule has 0 nitrogen and oxygen atoms in total. The van der Waals surface area contributed by atoms with Crippen molar-refractivity contribution in [2.75, 3.05) is 0 Å². The van der Waals surface area contributed by atoms with Crippen LogP contribution in [0, 0.1) is 23.5 Å². The molecule has 0 aliphatic carbocycles. The predicted octanol–water partition coefficient (Wildman–Crippen LogP) is -1.47. The van der Waals surface area contributed by atoms with E-state index in [1.54, 1.807) is 0 Å². The van der Waals surface area contributed by atoms with Crippen molar-refractivity contribution in [3.63, 3.8) is 0 Å². The molecule has 1 aromatic rings. The van der Waals surface area contributed by atoms with Crippen LogP contribution in [0.15, 0.2) is 12.1 Å². The Labute approximate surface area is 95.3 Å². The summed E-state index contributed by atoms with van der Waals surface area (Å²) in [4.78, 5) is 0. The fraction of sp³-hybridized carbons (Fsp3) is 0.